The van der Waals surface area contributed by atoms with Crippen LogP contribution in [0.5, 0.6) is 0 Å². The first-order valence-corrected chi connectivity index (χ1v) is 5.43. The molecule has 0 bridgehead atoms. The van der Waals surface area contributed by atoms with E-state index in [1.165, 1.54) is 0 Å². The van der Waals surface area contributed by atoms with Crippen LogP contribution in [-0.2, 0) is 5.33 Å². The summed E-state index contributed by atoms with van der Waals surface area (Å²) in [5.41, 5.74) is 1.42. The maximum absolute atomic E-state index is 8.74. The highest BCUT2D eigenvalue weighted by Gasteiger charge is 2.08. The van der Waals surface area contributed by atoms with Crippen molar-refractivity contribution in [2.24, 2.45) is 0 Å². The summed E-state index contributed by atoms with van der Waals surface area (Å²) < 4.78 is 0.736. The van der Waals surface area contributed by atoms with Crippen LogP contribution in [0.2, 0.25) is 5.02 Å². The van der Waals surface area contributed by atoms with Crippen molar-refractivity contribution in [2.75, 3.05) is 0 Å². The van der Waals surface area contributed by atoms with E-state index in [4.69, 9.17) is 16.9 Å². The molecule has 12 heavy (non-hydrogen) atoms. The van der Waals surface area contributed by atoms with Crippen LogP contribution >= 0.6 is 43.5 Å². The van der Waals surface area contributed by atoms with Crippen LogP contribution in [0.1, 0.15) is 11.1 Å². The van der Waals surface area contributed by atoms with Gasteiger partial charge in [-0.1, -0.05) is 33.6 Å². The van der Waals surface area contributed by atoms with Gasteiger partial charge in [-0.25, -0.2) is 0 Å². The molecule has 0 radical (unpaired) electrons. The summed E-state index contributed by atoms with van der Waals surface area (Å²) in [6, 6.07) is 5.74. The van der Waals surface area contributed by atoms with Crippen LogP contribution < -0.4 is 0 Å². The Labute approximate surface area is 92.6 Å². The second-order valence-electron chi connectivity index (χ2n) is 2.14. The van der Waals surface area contributed by atoms with Gasteiger partial charge in [0.15, 0.2) is 0 Å². The molecule has 1 nitrogen and oxygen atoms in total. The second kappa shape index (κ2) is 4.27. The Morgan fingerprint density at radius 1 is 1.50 bits per heavy atom. The Bertz CT molecular complexity index is 344. The number of halogens is 3. The van der Waals surface area contributed by atoms with Gasteiger partial charge in [-0.15, -0.1) is 0 Å². The average Bonchev–Trinajstić information content (AvgIpc) is 2.06. The molecule has 0 saturated carbocycles. The summed E-state index contributed by atoms with van der Waals surface area (Å²) >= 11 is 12.5. The highest BCUT2D eigenvalue weighted by atomic mass is 79.9. The van der Waals surface area contributed by atoms with Crippen molar-refractivity contribution in [3.63, 3.8) is 0 Å². The lowest BCUT2D eigenvalue weighted by atomic mass is 10.1. The molecule has 0 unspecified atom stereocenters. The number of nitrogens with zero attached hydrogens (tertiary/aromatic N) is 1. The van der Waals surface area contributed by atoms with E-state index in [2.05, 4.69) is 31.9 Å². The predicted molar refractivity (Wildman–Crippen MR) is 56.5 cm³/mol. The predicted octanol–water partition coefficient (Wildman–Crippen LogP) is 3.87. The van der Waals surface area contributed by atoms with Crippen LogP contribution in [0.15, 0.2) is 16.6 Å². The van der Waals surface area contributed by atoms with Gasteiger partial charge in [0.1, 0.15) is 6.07 Å². The minimum absolute atomic E-state index is 0.494. The summed E-state index contributed by atoms with van der Waals surface area (Å²) in [6.07, 6.45) is 0. The first kappa shape index (κ1) is 10.0. The fourth-order valence-electron chi connectivity index (χ4n) is 0.801. The van der Waals surface area contributed by atoms with E-state index < -0.39 is 0 Å². The number of hydrogen-bond acceptors (Lipinski definition) is 1. The molecule has 62 valence electrons. The van der Waals surface area contributed by atoms with Gasteiger partial charge >= 0.3 is 0 Å². The topological polar surface area (TPSA) is 23.8 Å². The smallest absolute Gasteiger partial charge is 0.102 e. The molecule has 0 aromatic heterocycles. The minimum atomic E-state index is 0.494. The fraction of sp³-hybridized carbons (Fsp3) is 0.125. The molecule has 0 spiro atoms. The van der Waals surface area contributed by atoms with E-state index in [1.54, 1.807) is 0 Å². The number of rotatable bonds is 1. The molecule has 0 fully saturated rings. The van der Waals surface area contributed by atoms with Crippen LogP contribution in [0, 0.1) is 11.3 Å². The first-order valence-electron chi connectivity index (χ1n) is 3.13. The lowest BCUT2D eigenvalue weighted by Gasteiger charge is -2.02. The van der Waals surface area contributed by atoms with E-state index in [-0.39, 0.29) is 0 Å². The molecule has 0 atom stereocenters. The molecule has 0 N–H and O–H groups in total. The molecule has 0 aliphatic carbocycles. The summed E-state index contributed by atoms with van der Waals surface area (Å²) in [5.74, 6) is 0. The Balaban J connectivity index is 3.36. The molecule has 0 aliphatic heterocycles. The molecule has 4 heteroatoms. The van der Waals surface area contributed by atoms with Gasteiger partial charge in [0.2, 0.25) is 0 Å². The van der Waals surface area contributed by atoms with Gasteiger partial charge in [0.05, 0.1) is 10.6 Å². The largest absolute Gasteiger partial charge is 0.192 e. The number of nitriles is 1. The van der Waals surface area contributed by atoms with Crippen molar-refractivity contribution in [1.82, 2.24) is 0 Å². The third kappa shape index (κ3) is 1.82. The molecule has 1 rings (SSSR count). The van der Waals surface area contributed by atoms with E-state index in [1.807, 2.05) is 18.2 Å². The number of benzene rings is 1. The Kier molecular flexibility index (Phi) is 3.57. The fourth-order valence-corrected chi connectivity index (χ4v) is 2.24. The van der Waals surface area contributed by atoms with Crippen LogP contribution in [0.3, 0.4) is 0 Å². The van der Waals surface area contributed by atoms with E-state index >= 15 is 0 Å². The molecular formula is C8H4Br2ClN. The summed E-state index contributed by atoms with van der Waals surface area (Å²) in [7, 11) is 0. The monoisotopic (exact) mass is 307 g/mol. The molecular weight excluding hydrogens is 305 g/mol. The van der Waals surface area contributed by atoms with E-state index in [9.17, 15) is 0 Å². The third-order valence-corrected chi connectivity index (χ3v) is 3.12. The maximum atomic E-state index is 8.74. The van der Waals surface area contributed by atoms with Gasteiger partial charge in [-0.05, 0) is 27.6 Å². The van der Waals surface area contributed by atoms with Crippen molar-refractivity contribution in [2.45, 2.75) is 5.33 Å². The molecule has 1 aromatic carbocycles. The molecule has 0 heterocycles. The first-order chi connectivity index (χ1) is 5.70. The Morgan fingerprint density at radius 3 is 2.67 bits per heavy atom. The summed E-state index contributed by atoms with van der Waals surface area (Å²) in [4.78, 5) is 0. The van der Waals surface area contributed by atoms with E-state index in [0.717, 1.165) is 10.0 Å². The lowest BCUT2D eigenvalue weighted by molar-refractivity contribution is 1.38. The molecule has 0 amide bonds. The standard InChI is InChI=1S/C8H4Br2ClN/c9-3-5-1-2-7(10)6(4-12)8(5)11/h1-2H,3H2. The Hall–Kier alpha value is -0.0400. The zero-order valence-corrected chi connectivity index (χ0v) is 9.87. The highest BCUT2D eigenvalue weighted by Crippen LogP contribution is 2.28. The zero-order valence-electron chi connectivity index (χ0n) is 5.94. The molecule has 1 aromatic rings. The van der Waals surface area contributed by atoms with Crippen molar-refractivity contribution < 1.29 is 0 Å². The SMILES string of the molecule is N#Cc1c(Br)ccc(CBr)c1Cl. The minimum Gasteiger partial charge on any atom is -0.192 e. The van der Waals surface area contributed by atoms with Crippen molar-refractivity contribution in [3.05, 3.63) is 32.8 Å². The van der Waals surface area contributed by atoms with Crippen LogP contribution in [-0.4, -0.2) is 0 Å². The Morgan fingerprint density at radius 2 is 2.17 bits per heavy atom. The van der Waals surface area contributed by atoms with Crippen LogP contribution in [0.25, 0.3) is 0 Å². The summed E-state index contributed by atoms with van der Waals surface area (Å²) in [6.45, 7) is 0. The number of alkyl halides is 1. The van der Waals surface area contributed by atoms with Gasteiger partial charge < -0.3 is 0 Å². The quantitative estimate of drug-likeness (QED) is 0.723. The van der Waals surface area contributed by atoms with Crippen LogP contribution in [0.4, 0.5) is 0 Å². The van der Waals surface area contributed by atoms with Crippen molar-refractivity contribution in [1.29, 1.82) is 5.26 Å². The third-order valence-electron chi connectivity index (χ3n) is 1.43. The molecule has 0 saturated heterocycles. The normalized spacial score (nSPS) is 9.50. The van der Waals surface area contributed by atoms with Crippen molar-refractivity contribution >= 4 is 43.5 Å². The number of hydrogen-bond donors (Lipinski definition) is 0. The average molecular weight is 309 g/mol. The van der Waals surface area contributed by atoms with Gasteiger partial charge in [-0.3, -0.25) is 0 Å². The highest BCUT2D eigenvalue weighted by molar-refractivity contribution is 9.10. The molecule has 0 aliphatic rings. The van der Waals surface area contributed by atoms with Gasteiger partial charge in [-0.2, -0.15) is 5.26 Å². The van der Waals surface area contributed by atoms with E-state index in [0.29, 0.717) is 15.9 Å². The van der Waals surface area contributed by atoms with Gasteiger partial charge in [0, 0.05) is 9.80 Å². The summed E-state index contributed by atoms with van der Waals surface area (Å²) in [5, 5.41) is 9.92. The maximum Gasteiger partial charge on any atom is 0.102 e. The lowest BCUT2D eigenvalue weighted by Crippen LogP contribution is -1.86. The second-order valence-corrected chi connectivity index (χ2v) is 3.93. The van der Waals surface area contributed by atoms with Gasteiger partial charge in [0.25, 0.3) is 0 Å². The van der Waals surface area contributed by atoms with Crippen molar-refractivity contribution in [3.8, 4) is 6.07 Å². The zero-order chi connectivity index (χ0) is 9.14.